The molecule has 0 aliphatic rings. The summed E-state index contributed by atoms with van der Waals surface area (Å²) < 4.78 is 187. The first-order valence-corrected chi connectivity index (χ1v) is 8.42. The molecule has 0 spiro atoms. The summed E-state index contributed by atoms with van der Waals surface area (Å²) in [4.78, 5) is 11.7. The van der Waals surface area contributed by atoms with Gasteiger partial charge in [0.15, 0.2) is 0 Å². The number of amides is 1. The fourth-order valence-electron chi connectivity index (χ4n) is 2.52. The first kappa shape index (κ1) is 30.5. The van der Waals surface area contributed by atoms with E-state index in [0.717, 1.165) is 6.92 Å². The van der Waals surface area contributed by atoms with Gasteiger partial charge in [-0.05, 0) is 13.0 Å². The fourth-order valence-corrected chi connectivity index (χ4v) is 2.52. The number of nitrogens with one attached hydrogen (secondary N) is 1. The Kier molecular flexibility index (Phi) is 7.68. The van der Waals surface area contributed by atoms with Gasteiger partial charge in [0.05, 0.1) is 11.3 Å². The highest BCUT2D eigenvalue weighted by Crippen LogP contribution is 2.55. The summed E-state index contributed by atoms with van der Waals surface area (Å²) in [5.74, 6) is -29.7. The number of carbonyl (C=O) groups is 1. The molecular formula is C16H10BF14NO3. The van der Waals surface area contributed by atoms with Gasteiger partial charge in [-0.1, -0.05) is 12.6 Å². The minimum atomic E-state index is -7.27. The summed E-state index contributed by atoms with van der Waals surface area (Å²) in [6.45, 7) is 3.75. The van der Waals surface area contributed by atoms with E-state index in [1.165, 1.54) is 5.32 Å². The molecule has 35 heavy (non-hydrogen) atoms. The molecule has 0 fully saturated rings. The number of rotatable bonds is 7. The molecule has 1 aromatic rings. The normalized spacial score (nSPS) is 14.1. The molecule has 0 saturated carbocycles. The largest absolute Gasteiger partial charge is 0.489 e. The second-order valence-electron chi connectivity index (χ2n) is 6.85. The van der Waals surface area contributed by atoms with Crippen LogP contribution in [0, 0.1) is 0 Å². The number of halogens is 14. The highest BCUT2D eigenvalue weighted by Gasteiger charge is 2.77. The zero-order valence-corrected chi connectivity index (χ0v) is 16.5. The Bertz CT molecular complexity index is 1000. The van der Waals surface area contributed by atoms with Crippen molar-refractivity contribution in [1.29, 1.82) is 0 Å². The van der Waals surface area contributed by atoms with Crippen molar-refractivity contribution in [3.63, 3.8) is 0 Å². The van der Waals surface area contributed by atoms with Crippen LogP contribution < -0.4 is 10.8 Å². The van der Waals surface area contributed by atoms with Gasteiger partial charge in [-0.15, -0.1) is 0 Å². The Balaban J connectivity index is 4.28. The molecule has 3 N–H and O–H groups in total. The second-order valence-corrected chi connectivity index (χ2v) is 6.85. The van der Waals surface area contributed by atoms with Gasteiger partial charge in [0, 0.05) is 16.6 Å². The van der Waals surface area contributed by atoms with Gasteiger partial charge in [-0.3, -0.25) is 4.79 Å². The molecule has 4 nitrogen and oxygen atoms in total. The summed E-state index contributed by atoms with van der Waals surface area (Å²) in [6, 6.07) is -1.06. The summed E-state index contributed by atoms with van der Waals surface area (Å²) in [6.07, 6.45) is -14.4. The predicted molar refractivity (Wildman–Crippen MR) is 89.5 cm³/mol. The van der Waals surface area contributed by atoms with Gasteiger partial charge >= 0.3 is 43.2 Å². The minimum Gasteiger partial charge on any atom is -0.423 e. The zero-order chi connectivity index (χ0) is 28.2. The Morgan fingerprint density at radius 1 is 0.800 bits per heavy atom. The molecule has 198 valence electrons. The number of benzene rings is 1. The molecule has 0 bridgehead atoms. The van der Waals surface area contributed by atoms with Crippen LogP contribution in [0.15, 0.2) is 24.3 Å². The first-order valence-electron chi connectivity index (χ1n) is 8.42. The fraction of sp³-hybridized carbons (Fsp3) is 0.438. The minimum absolute atomic E-state index is 0.432. The lowest BCUT2D eigenvalue weighted by Gasteiger charge is -2.34. The van der Waals surface area contributed by atoms with Gasteiger partial charge in [0.25, 0.3) is 5.91 Å². The van der Waals surface area contributed by atoms with Crippen molar-refractivity contribution in [3.8, 4) is 0 Å². The van der Waals surface area contributed by atoms with E-state index in [0.29, 0.717) is 0 Å². The standard InChI is InChI=1S/C16H10BF14NO3/c1-5(2)10(33)32-7-4-3-6(11(18,19)13(22,23)15(26,27)28)9(17(34)35)8(7)12(20,21)14(24,25)16(29,30)31/h3-4,34-35H,1H2,2H3,(H,32,33). The Morgan fingerprint density at radius 2 is 1.20 bits per heavy atom. The molecule has 1 aromatic carbocycles. The topological polar surface area (TPSA) is 69.6 Å². The van der Waals surface area contributed by atoms with Gasteiger partial charge in [0.1, 0.15) is 0 Å². The van der Waals surface area contributed by atoms with E-state index in [9.17, 15) is 76.3 Å². The quantitative estimate of drug-likeness (QED) is 0.272. The average Bonchev–Trinajstić information content (AvgIpc) is 2.64. The zero-order valence-electron chi connectivity index (χ0n) is 16.5. The third-order valence-corrected chi connectivity index (χ3v) is 4.29. The van der Waals surface area contributed by atoms with Gasteiger partial charge in [-0.25, -0.2) is 0 Å². The van der Waals surface area contributed by atoms with Gasteiger partial charge in [-0.2, -0.15) is 61.5 Å². The molecule has 0 radical (unpaired) electrons. The van der Waals surface area contributed by atoms with Gasteiger partial charge < -0.3 is 15.4 Å². The molecule has 0 aliphatic carbocycles. The molecule has 0 heterocycles. The van der Waals surface area contributed by atoms with Gasteiger partial charge in [0.2, 0.25) is 0 Å². The van der Waals surface area contributed by atoms with Crippen molar-refractivity contribution in [2.45, 2.75) is 43.0 Å². The molecule has 0 saturated heterocycles. The summed E-state index contributed by atoms with van der Waals surface area (Å²) >= 11 is 0. The molecule has 1 amide bonds. The number of carbonyl (C=O) groups excluding carboxylic acids is 1. The number of alkyl halides is 14. The number of hydrogen-bond donors (Lipinski definition) is 3. The van der Waals surface area contributed by atoms with E-state index in [-0.39, 0.29) is 0 Å². The van der Waals surface area contributed by atoms with E-state index in [2.05, 4.69) is 6.58 Å². The van der Waals surface area contributed by atoms with E-state index >= 15 is 0 Å². The van der Waals surface area contributed by atoms with Crippen LogP contribution in [-0.4, -0.2) is 47.3 Å². The third kappa shape index (κ3) is 4.92. The van der Waals surface area contributed by atoms with E-state index in [1.807, 2.05) is 0 Å². The van der Waals surface area contributed by atoms with Crippen molar-refractivity contribution < 1.29 is 76.3 Å². The third-order valence-electron chi connectivity index (χ3n) is 4.29. The predicted octanol–water partition coefficient (Wildman–Crippen LogP) is 4.46. The Morgan fingerprint density at radius 3 is 1.54 bits per heavy atom. The second kappa shape index (κ2) is 8.83. The maximum atomic E-state index is 14.5. The smallest absolute Gasteiger partial charge is 0.423 e. The van der Waals surface area contributed by atoms with E-state index < -0.39 is 89.1 Å². The van der Waals surface area contributed by atoms with Crippen LogP contribution in [0.1, 0.15) is 18.1 Å². The monoisotopic (exact) mass is 541 g/mol. The van der Waals surface area contributed by atoms with E-state index in [4.69, 9.17) is 0 Å². The lowest BCUT2D eigenvalue weighted by molar-refractivity contribution is -0.360. The summed E-state index contributed by atoms with van der Waals surface area (Å²) in [5.41, 5.74) is -12.0. The summed E-state index contributed by atoms with van der Waals surface area (Å²) in [5, 5.41) is 19.6. The van der Waals surface area contributed by atoms with Crippen molar-refractivity contribution >= 4 is 24.2 Å². The summed E-state index contributed by atoms with van der Waals surface area (Å²) in [7, 11) is -4.06. The lowest BCUT2D eigenvalue weighted by Crippen LogP contribution is -2.57. The highest BCUT2D eigenvalue weighted by atomic mass is 19.4. The maximum absolute atomic E-state index is 14.5. The maximum Gasteiger partial charge on any atom is 0.489 e. The van der Waals surface area contributed by atoms with Crippen LogP contribution in [0.2, 0.25) is 0 Å². The lowest BCUT2D eigenvalue weighted by atomic mass is 9.69. The van der Waals surface area contributed by atoms with Crippen molar-refractivity contribution in [1.82, 2.24) is 0 Å². The van der Waals surface area contributed by atoms with Crippen LogP contribution in [-0.2, 0) is 16.6 Å². The van der Waals surface area contributed by atoms with Crippen LogP contribution in [0.4, 0.5) is 67.2 Å². The molecular weight excluding hydrogens is 531 g/mol. The number of anilines is 1. The van der Waals surface area contributed by atoms with Crippen molar-refractivity contribution in [3.05, 3.63) is 35.4 Å². The van der Waals surface area contributed by atoms with Crippen molar-refractivity contribution in [2.24, 2.45) is 0 Å². The van der Waals surface area contributed by atoms with Crippen molar-refractivity contribution in [2.75, 3.05) is 5.32 Å². The molecule has 19 heteroatoms. The Labute approximate surface area is 185 Å². The average molecular weight is 541 g/mol. The molecule has 0 atom stereocenters. The van der Waals surface area contributed by atoms with Crippen LogP contribution in [0.25, 0.3) is 0 Å². The molecule has 1 rings (SSSR count). The molecule has 0 aromatic heterocycles. The van der Waals surface area contributed by atoms with Crippen LogP contribution >= 0.6 is 0 Å². The molecule has 0 unspecified atom stereocenters. The SMILES string of the molecule is C=C(C)C(=O)Nc1ccc(C(F)(F)C(F)(F)C(F)(F)F)c(B(O)O)c1C(F)(F)C(F)(F)C(F)(F)F. The Hall–Kier alpha value is -2.57. The number of hydrogen-bond acceptors (Lipinski definition) is 3. The highest BCUT2D eigenvalue weighted by molar-refractivity contribution is 6.60. The van der Waals surface area contributed by atoms with E-state index in [1.54, 1.807) is 0 Å². The molecule has 0 aliphatic heterocycles. The first-order chi connectivity index (χ1) is 15.3. The van der Waals surface area contributed by atoms with Crippen LogP contribution in [0.5, 0.6) is 0 Å². The van der Waals surface area contributed by atoms with Crippen LogP contribution in [0.3, 0.4) is 0 Å².